The first-order valence-corrected chi connectivity index (χ1v) is 6.86. The molecule has 0 radical (unpaired) electrons. The van der Waals surface area contributed by atoms with Crippen molar-refractivity contribution in [2.75, 3.05) is 21.3 Å². The van der Waals surface area contributed by atoms with E-state index in [0.29, 0.717) is 35.5 Å². The summed E-state index contributed by atoms with van der Waals surface area (Å²) in [5.74, 6) is 3.72. The number of aromatic nitrogens is 2. The van der Waals surface area contributed by atoms with Gasteiger partial charge in [-0.3, -0.25) is 0 Å². The van der Waals surface area contributed by atoms with Gasteiger partial charge in [0.25, 0.3) is 0 Å². The molecule has 0 atom stereocenters. The fraction of sp³-hybridized carbons (Fsp3) is 0.467. The third-order valence-electron chi connectivity index (χ3n) is 3.51. The largest absolute Gasteiger partial charge is 0.493 e. The number of nitrogens with zero attached hydrogens (tertiary/aromatic N) is 2. The predicted octanol–water partition coefficient (Wildman–Crippen LogP) is 2.56. The van der Waals surface area contributed by atoms with Crippen molar-refractivity contribution in [2.24, 2.45) is 0 Å². The van der Waals surface area contributed by atoms with Gasteiger partial charge in [0.15, 0.2) is 17.3 Å². The van der Waals surface area contributed by atoms with Crippen molar-refractivity contribution in [1.82, 2.24) is 10.1 Å². The quantitative estimate of drug-likeness (QED) is 0.814. The summed E-state index contributed by atoms with van der Waals surface area (Å²) in [6.45, 7) is 0. The van der Waals surface area contributed by atoms with Crippen molar-refractivity contribution >= 4 is 0 Å². The Kier molecular flexibility index (Phi) is 3.68. The van der Waals surface area contributed by atoms with Gasteiger partial charge in [-0.25, -0.2) is 0 Å². The lowest BCUT2D eigenvalue weighted by molar-refractivity contribution is 0.323. The van der Waals surface area contributed by atoms with Gasteiger partial charge >= 0.3 is 0 Å². The highest BCUT2D eigenvalue weighted by Gasteiger charge is 2.28. The van der Waals surface area contributed by atoms with Gasteiger partial charge in [0.1, 0.15) is 0 Å². The van der Waals surface area contributed by atoms with Crippen molar-refractivity contribution in [2.45, 2.75) is 25.2 Å². The first-order valence-electron chi connectivity index (χ1n) is 6.86. The highest BCUT2D eigenvalue weighted by atomic mass is 16.5. The Morgan fingerprint density at radius 2 is 1.76 bits per heavy atom. The lowest BCUT2D eigenvalue weighted by atomic mass is 10.1. The van der Waals surface area contributed by atoms with E-state index >= 15 is 0 Å². The van der Waals surface area contributed by atoms with E-state index in [0.717, 1.165) is 24.2 Å². The van der Waals surface area contributed by atoms with Crippen molar-refractivity contribution < 1.29 is 18.7 Å². The molecule has 0 unspecified atom stereocenters. The molecule has 1 aliphatic rings. The summed E-state index contributed by atoms with van der Waals surface area (Å²) in [6.07, 6.45) is 2.85. The van der Waals surface area contributed by atoms with Crippen molar-refractivity contribution in [3.05, 3.63) is 29.4 Å². The molecule has 0 saturated heterocycles. The van der Waals surface area contributed by atoms with Crippen LogP contribution in [0.1, 0.15) is 36.0 Å². The number of ether oxygens (including phenoxy) is 3. The first kappa shape index (κ1) is 13.7. The average molecular weight is 290 g/mol. The molecule has 1 heterocycles. The van der Waals surface area contributed by atoms with Crippen molar-refractivity contribution in [3.63, 3.8) is 0 Å². The van der Waals surface area contributed by atoms with E-state index in [9.17, 15) is 0 Å². The molecule has 1 fully saturated rings. The van der Waals surface area contributed by atoms with Gasteiger partial charge in [0.05, 0.1) is 27.8 Å². The van der Waals surface area contributed by atoms with Crippen LogP contribution < -0.4 is 14.2 Å². The highest BCUT2D eigenvalue weighted by molar-refractivity contribution is 5.54. The fourth-order valence-electron chi connectivity index (χ4n) is 2.26. The van der Waals surface area contributed by atoms with Crippen LogP contribution >= 0.6 is 0 Å². The third-order valence-corrected chi connectivity index (χ3v) is 3.51. The highest BCUT2D eigenvalue weighted by Crippen LogP contribution is 2.40. The lowest BCUT2D eigenvalue weighted by Crippen LogP contribution is -1.98. The topological polar surface area (TPSA) is 66.6 Å². The number of hydrogen-bond acceptors (Lipinski definition) is 6. The minimum absolute atomic E-state index is 0.488. The first-order chi connectivity index (χ1) is 10.2. The summed E-state index contributed by atoms with van der Waals surface area (Å²) in [7, 11) is 4.78. The van der Waals surface area contributed by atoms with Crippen LogP contribution in [-0.2, 0) is 6.42 Å². The second-order valence-corrected chi connectivity index (χ2v) is 5.03. The maximum atomic E-state index is 5.34. The molecule has 2 aromatic rings. The van der Waals surface area contributed by atoms with Crippen LogP contribution in [0, 0.1) is 0 Å². The summed E-state index contributed by atoms with van der Waals surface area (Å²) >= 11 is 0. The van der Waals surface area contributed by atoms with Crippen LogP contribution in [0.5, 0.6) is 17.2 Å². The Morgan fingerprint density at radius 3 is 2.29 bits per heavy atom. The number of hydrogen-bond donors (Lipinski definition) is 0. The van der Waals surface area contributed by atoms with Crippen LogP contribution in [0.2, 0.25) is 0 Å². The molecule has 1 saturated carbocycles. The maximum Gasteiger partial charge on any atom is 0.231 e. The smallest absolute Gasteiger partial charge is 0.231 e. The summed E-state index contributed by atoms with van der Waals surface area (Å²) < 4.78 is 21.3. The molecule has 0 bridgehead atoms. The van der Waals surface area contributed by atoms with E-state index in [-0.39, 0.29) is 0 Å². The molecule has 112 valence electrons. The third kappa shape index (κ3) is 2.79. The predicted molar refractivity (Wildman–Crippen MR) is 75.2 cm³/mol. The van der Waals surface area contributed by atoms with Gasteiger partial charge < -0.3 is 18.7 Å². The van der Waals surface area contributed by atoms with Gasteiger partial charge in [-0.2, -0.15) is 4.98 Å². The Hall–Kier alpha value is -2.24. The van der Waals surface area contributed by atoms with Gasteiger partial charge in [-0.05, 0) is 30.5 Å². The molecule has 1 aromatic heterocycles. The number of benzene rings is 1. The van der Waals surface area contributed by atoms with Crippen LogP contribution in [0.25, 0.3) is 0 Å². The zero-order chi connectivity index (χ0) is 14.8. The molecule has 1 aliphatic carbocycles. The SMILES string of the molecule is COc1cc(Cc2nc(C3CC3)no2)cc(OC)c1OC. The van der Waals surface area contributed by atoms with E-state index in [1.165, 1.54) is 0 Å². The second kappa shape index (κ2) is 5.63. The van der Waals surface area contributed by atoms with Gasteiger partial charge in [0, 0.05) is 5.92 Å². The van der Waals surface area contributed by atoms with E-state index < -0.39 is 0 Å². The van der Waals surface area contributed by atoms with E-state index in [1.807, 2.05) is 12.1 Å². The summed E-state index contributed by atoms with van der Waals surface area (Å²) in [6, 6.07) is 3.78. The molecule has 21 heavy (non-hydrogen) atoms. The lowest BCUT2D eigenvalue weighted by Gasteiger charge is -2.13. The Bertz CT molecular complexity index is 609. The Balaban J connectivity index is 1.86. The molecule has 0 amide bonds. The zero-order valence-corrected chi connectivity index (χ0v) is 12.4. The molecule has 0 N–H and O–H groups in total. The van der Waals surface area contributed by atoms with Crippen LogP contribution in [-0.4, -0.2) is 31.5 Å². The summed E-state index contributed by atoms with van der Waals surface area (Å²) in [5.41, 5.74) is 0.968. The Morgan fingerprint density at radius 1 is 1.10 bits per heavy atom. The minimum atomic E-state index is 0.488. The molecule has 1 aromatic carbocycles. The summed E-state index contributed by atoms with van der Waals surface area (Å²) in [4.78, 5) is 4.43. The molecule has 6 nitrogen and oxygen atoms in total. The van der Waals surface area contributed by atoms with Crippen LogP contribution in [0.3, 0.4) is 0 Å². The molecule has 6 heteroatoms. The van der Waals surface area contributed by atoms with Gasteiger partial charge in [-0.15, -0.1) is 0 Å². The normalized spacial score (nSPS) is 14.0. The van der Waals surface area contributed by atoms with Crippen LogP contribution in [0.15, 0.2) is 16.7 Å². The molecule has 0 aliphatic heterocycles. The second-order valence-electron chi connectivity index (χ2n) is 5.03. The van der Waals surface area contributed by atoms with Gasteiger partial charge in [0.2, 0.25) is 11.6 Å². The van der Waals surface area contributed by atoms with Gasteiger partial charge in [-0.1, -0.05) is 5.16 Å². The summed E-state index contributed by atoms with van der Waals surface area (Å²) in [5, 5.41) is 4.02. The standard InChI is InChI=1S/C15H18N2O4/c1-18-11-6-9(7-12(19-2)14(11)20-3)8-13-16-15(17-21-13)10-4-5-10/h6-7,10H,4-5,8H2,1-3H3. The molecule has 3 rings (SSSR count). The average Bonchev–Trinajstić information content (AvgIpc) is 3.26. The minimum Gasteiger partial charge on any atom is -0.493 e. The number of rotatable bonds is 6. The van der Waals surface area contributed by atoms with E-state index in [2.05, 4.69) is 10.1 Å². The molecular weight excluding hydrogens is 272 g/mol. The fourth-order valence-corrected chi connectivity index (χ4v) is 2.26. The van der Waals surface area contributed by atoms with E-state index in [1.54, 1.807) is 21.3 Å². The maximum absolute atomic E-state index is 5.34. The van der Waals surface area contributed by atoms with Crippen molar-refractivity contribution in [1.29, 1.82) is 0 Å². The van der Waals surface area contributed by atoms with Crippen LogP contribution in [0.4, 0.5) is 0 Å². The van der Waals surface area contributed by atoms with Crippen molar-refractivity contribution in [3.8, 4) is 17.2 Å². The molecular formula is C15H18N2O4. The van der Waals surface area contributed by atoms with E-state index in [4.69, 9.17) is 18.7 Å². The molecule has 0 spiro atoms. The monoisotopic (exact) mass is 290 g/mol. The number of methoxy groups -OCH3 is 3. The zero-order valence-electron chi connectivity index (χ0n) is 12.4. The Labute approximate surface area is 123 Å².